The van der Waals surface area contributed by atoms with Crippen molar-refractivity contribution in [1.82, 2.24) is 14.9 Å². The van der Waals surface area contributed by atoms with Crippen molar-refractivity contribution < 1.29 is 22.3 Å². The van der Waals surface area contributed by atoms with Gasteiger partial charge in [-0.1, -0.05) is 0 Å². The van der Waals surface area contributed by atoms with Crippen LogP contribution in [-0.4, -0.2) is 41.5 Å². The van der Waals surface area contributed by atoms with Crippen LogP contribution in [0.5, 0.6) is 11.6 Å². The minimum absolute atomic E-state index is 0.118. The highest BCUT2D eigenvalue weighted by molar-refractivity contribution is 5.69. The first-order chi connectivity index (χ1) is 16.9. The Balaban J connectivity index is 1.75. The normalized spacial score (nSPS) is 17.0. The van der Waals surface area contributed by atoms with E-state index in [9.17, 15) is 17.6 Å². The number of nitrogens with two attached hydrogens (primary N) is 1. The maximum absolute atomic E-state index is 13.9. The van der Waals surface area contributed by atoms with E-state index in [1.54, 1.807) is 0 Å². The molecule has 4 rings (SSSR count). The van der Waals surface area contributed by atoms with Crippen LogP contribution < -0.4 is 15.4 Å². The van der Waals surface area contributed by atoms with Crippen molar-refractivity contribution in [2.75, 3.05) is 31.3 Å². The molecule has 1 aromatic heterocycles. The van der Waals surface area contributed by atoms with Crippen molar-refractivity contribution >= 4 is 11.5 Å². The van der Waals surface area contributed by atoms with Gasteiger partial charge in [-0.2, -0.15) is 13.2 Å². The molecule has 0 bridgehead atoms. The number of ether oxygens (including phenoxy) is 1. The van der Waals surface area contributed by atoms with E-state index in [2.05, 4.69) is 39.7 Å². The number of nitrogen functional groups attached to an aromatic ring is 1. The third-order valence-electron chi connectivity index (χ3n) is 6.56. The van der Waals surface area contributed by atoms with Gasteiger partial charge in [0.2, 0.25) is 0 Å². The monoisotopic (exact) mass is 503 g/mol. The SMILES string of the molecule is CC(c1cc(-c2cnc(N)c(Oc3cc(F)cc(C(F)(F)F)c3)n2)cc(N2CCC[C@H]2C)c1)N(C)C. The summed E-state index contributed by atoms with van der Waals surface area (Å²) in [5, 5.41) is 0. The van der Waals surface area contributed by atoms with Gasteiger partial charge in [0.25, 0.3) is 5.88 Å². The van der Waals surface area contributed by atoms with E-state index in [-0.39, 0.29) is 23.5 Å². The van der Waals surface area contributed by atoms with Gasteiger partial charge >= 0.3 is 6.18 Å². The third-order valence-corrected chi connectivity index (χ3v) is 6.56. The first-order valence-corrected chi connectivity index (χ1v) is 11.7. The van der Waals surface area contributed by atoms with E-state index in [0.717, 1.165) is 42.3 Å². The highest BCUT2D eigenvalue weighted by Crippen LogP contribution is 2.36. The van der Waals surface area contributed by atoms with Crippen LogP contribution in [0.15, 0.2) is 42.6 Å². The summed E-state index contributed by atoms with van der Waals surface area (Å²) in [5.41, 5.74) is 8.08. The van der Waals surface area contributed by atoms with Crippen molar-refractivity contribution in [2.24, 2.45) is 0 Å². The van der Waals surface area contributed by atoms with E-state index in [0.29, 0.717) is 23.9 Å². The van der Waals surface area contributed by atoms with Gasteiger partial charge in [0, 0.05) is 35.9 Å². The number of anilines is 2. The molecule has 3 aromatic rings. The number of hydrogen-bond donors (Lipinski definition) is 1. The molecule has 1 saturated heterocycles. The first kappa shape index (κ1) is 25.7. The Bertz CT molecular complexity index is 1250. The van der Waals surface area contributed by atoms with Crippen molar-refractivity contribution in [3.63, 3.8) is 0 Å². The molecule has 0 saturated carbocycles. The van der Waals surface area contributed by atoms with Gasteiger partial charge in [-0.05, 0) is 76.7 Å². The van der Waals surface area contributed by atoms with Gasteiger partial charge in [-0.15, -0.1) is 0 Å². The lowest BCUT2D eigenvalue weighted by Gasteiger charge is -2.27. The quantitative estimate of drug-likeness (QED) is 0.399. The Morgan fingerprint density at radius 2 is 1.89 bits per heavy atom. The zero-order valence-electron chi connectivity index (χ0n) is 20.6. The van der Waals surface area contributed by atoms with E-state index in [1.807, 2.05) is 26.2 Å². The molecule has 36 heavy (non-hydrogen) atoms. The van der Waals surface area contributed by atoms with Crippen LogP contribution in [0.25, 0.3) is 11.3 Å². The second-order valence-corrected chi connectivity index (χ2v) is 9.36. The van der Waals surface area contributed by atoms with E-state index >= 15 is 0 Å². The Kier molecular flexibility index (Phi) is 7.08. The van der Waals surface area contributed by atoms with Gasteiger partial charge < -0.3 is 20.3 Å². The lowest BCUT2D eigenvalue weighted by atomic mass is 10.0. The van der Waals surface area contributed by atoms with Crippen molar-refractivity contribution in [1.29, 1.82) is 0 Å². The molecule has 1 fully saturated rings. The molecular weight excluding hydrogens is 474 g/mol. The number of rotatable bonds is 6. The largest absolute Gasteiger partial charge is 0.436 e. The molecule has 2 heterocycles. The zero-order chi connectivity index (χ0) is 26.2. The molecule has 1 aliphatic rings. The minimum atomic E-state index is -4.73. The fourth-order valence-electron chi connectivity index (χ4n) is 4.30. The van der Waals surface area contributed by atoms with Crippen molar-refractivity contribution in [3.8, 4) is 22.9 Å². The standard InChI is InChI=1S/C26H29F4N5O/c1-15-6-5-7-35(15)21-9-17(16(2)34(3)4)8-18(10-21)23-14-32-24(31)25(33-23)36-22-12-19(26(28,29)30)11-20(27)13-22/h8-16H,5-7H2,1-4H3,(H2,31,32)/t15-,16?/m1/s1. The fraction of sp³-hybridized carbons (Fsp3) is 0.385. The molecule has 2 N–H and O–H groups in total. The van der Waals surface area contributed by atoms with Crippen molar-refractivity contribution in [3.05, 3.63) is 59.5 Å². The van der Waals surface area contributed by atoms with Crippen LogP contribution in [0.1, 0.15) is 43.9 Å². The van der Waals surface area contributed by atoms with Gasteiger partial charge in [-0.3, -0.25) is 0 Å². The van der Waals surface area contributed by atoms with E-state index in [4.69, 9.17) is 10.5 Å². The zero-order valence-corrected chi connectivity index (χ0v) is 20.6. The lowest BCUT2D eigenvalue weighted by molar-refractivity contribution is -0.137. The summed E-state index contributed by atoms with van der Waals surface area (Å²) < 4.78 is 58.7. The molecule has 2 atom stereocenters. The lowest BCUT2D eigenvalue weighted by Crippen LogP contribution is -2.26. The summed E-state index contributed by atoms with van der Waals surface area (Å²) in [6.45, 7) is 5.24. The average molecular weight is 504 g/mol. The molecule has 2 aromatic carbocycles. The Morgan fingerprint density at radius 1 is 1.14 bits per heavy atom. The molecule has 0 amide bonds. The molecular formula is C26H29F4N5O. The summed E-state index contributed by atoms with van der Waals surface area (Å²) in [6, 6.07) is 8.64. The molecule has 0 radical (unpaired) electrons. The second-order valence-electron chi connectivity index (χ2n) is 9.36. The smallest absolute Gasteiger partial charge is 0.416 e. The number of nitrogens with zero attached hydrogens (tertiary/aromatic N) is 4. The van der Waals surface area contributed by atoms with Crippen LogP contribution in [-0.2, 0) is 6.18 Å². The molecule has 192 valence electrons. The summed E-state index contributed by atoms with van der Waals surface area (Å²) in [5.74, 6) is -1.78. The highest BCUT2D eigenvalue weighted by Gasteiger charge is 2.32. The Labute approximate surface area is 207 Å². The molecule has 10 heteroatoms. The average Bonchev–Trinajstić information content (AvgIpc) is 3.24. The minimum Gasteiger partial charge on any atom is -0.436 e. The summed E-state index contributed by atoms with van der Waals surface area (Å²) in [7, 11) is 4.00. The maximum atomic E-state index is 13.9. The summed E-state index contributed by atoms with van der Waals surface area (Å²) in [4.78, 5) is 13.0. The van der Waals surface area contributed by atoms with Crippen LogP contribution in [0, 0.1) is 5.82 Å². The third kappa shape index (κ3) is 5.53. The Morgan fingerprint density at radius 3 is 2.53 bits per heavy atom. The van der Waals surface area contributed by atoms with Gasteiger partial charge in [0.15, 0.2) is 5.82 Å². The Hall–Kier alpha value is -3.40. The maximum Gasteiger partial charge on any atom is 0.416 e. The highest BCUT2D eigenvalue weighted by atomic mass is 19.4. The van der Waals surface area contributed by atoms with Gasteiger partial charge in [-0.25, -0.2) is 14.4 Å². The molecule has 0 spiro atoms. The number of alkyl halides is 3. The summed E-state index contributed by atoms with van der Waals surface area (Å²) in [6.07, 6.45) is -1.02. The number of benzene rings is 2. The molecule has 1 aliphatic heterocycles. The number of aromatic nitrogens is 2. The van der Waals surface area contributed by atoms with Crippen LogP contribution in [0.4, 0.5) is 29.1 Å². The van der Waals surface area contributed by atoms with E-state index < -0.39 is 17.6 Å². The molecule has 0 aliphatic carbocycles. The first-order valence-electron chi connectivity index (χ1n) is 11.7. The van der Waals surface area contributed by atoms with Gasteiger partial charge in [0.05, 0.1) is 17.5 Å². The molecule has 6 nitrogen and oxygen atoms in total. The predicted octanol–water partition coefficient (Wildman–Crippen LogP) is 6.29. The second kappa shape index (κ2) is 9.93. The number of hydrogen-bond acceptors (Lipinski definition) is 6. The van der Waals surface area contributed by atoms with Crippen LogP contribution in [0.3, 0.4) is 0 Å². The van der Waals surface area contributed by atoms with E-state index in [1.165, 1.54) is 6.20 Å². The topological polar surface area (TPSA) is 67.5 Å². The number of halogens is 4. The van der Waals surface area contributed by atoms with Crippen LogP contribution >= 0.6 is 0 Å². The summed E-state index contributed by atoms with van der Waals surface area (Å²) >= 11 is 0. The van der Waals surface area contributed by atoms with Crippen LogP contribution in [0.2, 0.25) is 0 Å². The molecule has 1 unspecified atom stereocenters. The fourth-order valence-corrected chi connectivity index (χ4v) is 4.30. The van der Waals surface area contributed by atoms with Gasteiger partial charge in [0.1, 0.15) is 11.6 Å². The van der Waals surface area contributed by atoms with Crippen molar-refractivity contribution in [2.45, 2.75) is 44.9 Å². The predicted molar refractivity (Wildman–Crippen MR) is 132 cm³/mol.